The Morgan fingerprint density at radius 3 is 2.73 bits per heavy atom. The molecule has 0 bridgehead atoms. The van der Waals surface area contributed by atoms with Crippen molar-refractivity contribution < 1.29 is 0 Å². The number of thiazole rings is 1. The first-order valence-corrected chi connectivity index (χ1v) is 9.10. The topological polar surface area (TPSA) is 25.5 Å². The number of aromatic nitrogens is 3. The van der Waals surface area contributed by atoms with Crippen molar-refractivity contribution in [3.8, 4) is 0 Å². The first-order valence-electron chi connectivity index (χ1n) is 7.88. The molecule has 0 spiro atoms. The molecule has 4 rings (SSSR count). The summed E-state index contributed by atoms with van der Waals surface area (Å²) in [7, 11) is 0. The molecule has 0 aliphatic carbocycles. The molecule has 1 aliphatic rings. The summed E-state index contributed by atoms with van der Waals surface area (Å²) >= 11 is 7.40. The van der Waals surface area contributed by atoms with Gasteiger partial charge in [-0.1, -0.05) is 29.9 Å². The van der Waals surface area contributed by atoms with E-state index in [0.29, 0.717) is 12.1 Å². The Morgan fingerprint density at radius 1 is 1.23 bits per heavy atom. The minimum atomic E-state index is 0.599. The van der Waals surface area contributed by atoms with E-state index in [-0.39, 0.29) is 0 Å². The second-order valence-corrected chi connectivity index (χ2v) is 7.63. The van der Waals surface area contributed by atoms with E-state index in [1.807, 2.05) is 4.68 Å². The lowest BCUT2D eigenvalue weighted by atomic mass is 9.98. The zero-order valence-electron chi connectivity index (χ0n) is 12.9. The van der Waals surface area contributed by atoms with E-state index in [1.54, 1.807) is 11.3 Å². The minimum absolute atomic E-state index is 0.599. The van der Waals surface area contributed by atoms with E-state index in [9.17, 15) is 0 Å². The van der Waals surface area contributed by atoms with Crippen LogP contribution in [0.5, 0.6) is 0 Å². The molecule has 2 atom stereocenters. The molecule has 1 aromatic carbocycles. The summed E-state index contributed by atoms with van der Waals surface area (Å²) in [6.07, 6.45) is 3.86. The van der Waals surface area contributed by atoms with Crippen molar-refractivity contribution in [3.05, 3.63) is 29.0 Å². The van der Waals surface area contributed by atoms with E-state index in [2.05, 4.69) is 47.4 Å². The van der Waals surface area contributed by atoms with Crippen LogP contribution in [0.3, 0.4) is 0 Å². The fourth-order valence-electron chi connectivity index (χ4n) is 3.49. The molecule has 0 N–H and O–H groups in total. The monoisotopic (exact) mass is 332 g/mol. The van der Waals surface area contributed by atoms with Gasteiger partial charge in [-0.05, 0) is 51.0 Å². The number of fused-ring (bicyclic) bond motifs is 3. The van der Waals surface area contributed by atoms with Crippen LogP contribution in [0.15, 0.2) is 24.3 Å². The summed E-state index contributed by atoms with van der Waals surface area (Å²) < 4.78 is 6.14. The second-order valence-electron chi connectivity index (χ2n) is 6.25. The van der Waals surface area contributed by atoms with E-state index >= 15 is 0 Å². The quantitative estimate of drug-likeness (QED) is 0.654. The normalized spacial score (nSPS) is 23.5. The van der Waals surface area contributed by atoms with Crippen molar-refractivity contribution >= 4 is 38.7 Å². The summed E-state index contributed by atoms with van der Waals surface area (Å²) in [5, 5.41) is 4.76. The van der Waals surface area contributed by atoms with E-state index in [0.717, 1.165) is 16.4 Å². The highest BCUT2D eigenvalue weighted by Crippen LogP contribution is 2.27. The average Bonchev–Trinajstić information content (AvgIpc) is 3.00. The number of hydrogen-bond acceptors (Lipinski definition) is 4. The molecule has 0 amide bonds. The number of nitrogens with zero attached hydrogens (tertiary/aromatic N) is 4. The standard InChI is InChI=1S/C16H20N4S2/c1-11-6-5-7-12(2)18(11)10-19-16(21)20-13-8-3-4-9-14(13)22-15(20)17-19/h3-4,8-9,11-12H,5-7,10H2,1-2H3/t11-,12+. The highest BCUT2D eigenvalue weighted by atomic mass is 32.1. The Hall–Kier alpha value is -1.24. The smallest absolute Gasteiger partial charge is 0.216 e. The Morgan fingerprint density at radius 2 is 1.95 bits per heavy atom. The molecule has 1 aliphatic heterocycles. The average molecular weight is 332 g/mol. The number of hydrogen-bond donors (Lipinski definition) is 0. The molecular weight excluding hydrogens is 312 g/mol. The zero-order valence-corrected chi connectivity index (χ0v) is 14.5. The van der Waals surface area contributed by atoms with Crippen LogP contribution in [0.4, 0.5) is 0 Å². The first kappa shape index (κ1) is 14.4. The molecule has 2 aromatic heterocycles. The highest BCUT2D eigenvalue weighted by molar-refractivity contribution is 7.71. The third-order valence-electron chi connectivity index (χ3n) is 4.79. The Labute approximate surface area is 139 Å². The van der Waals surface area contributed by atoms with Crippen LogP contribution in [0, 0.1) is 4.77 Å². The maximum Gasteiger partial charge on any atom is 0.216 e. The predicted octanol–water partition coefficient (Wildman–Crippen LogP) is 4.30. The summed E-state index contributed by atoms with van der Waals surface area (Å²) in [4.78, 5) is 3.52. The molecule has 3 aromatic rings. The zero-order chi connectivity index (χ0) is 15.3. The summed E-state index contributed by atoms with van der Waals surface area (Å²) in [5.41, 5.74) is 1.17. The summed E-state index contributed by atoms with van der Waals surface area (Å²) in [5.74, 6) is 0. The Balaban J connectivity index is 1.76. The molecule has 0 radical (unpaired) electrons. The molecule has 4 nitrogen and oxygen atoms in total. The molecule has 3 heterocycles. The molecule has 6 heteroatoms. The van der Waals surface area contributed by atoms with Crippen LogP contribution in [0.1, 0.15) is 33.1 Å². The van der Waals surface area contributed by atoms with E-state index in [4.69, 9.17) is 17.3 Å². The fraction of sp³-hybridized carbons (Fsp3) is 0.500. The van der Waals surface area contributed by atoms with Gasteiger partial charge in [-0.25, -0.2) is 4.68 Å². The maximum atomic E-state index is 5.70. The molecule has 1 fully saturated rings. The van der Waals surface area contributed by atoms with Crippen molar-refractivity contribution in [2.24, 2.45) is 0 Å². The summed E-state index contributed by atoms with van der Waals surface area (Å²) in [6, 6.07) is 9.56. The van der Waals surface area contributed by atoms with E-state index < -0.39 is 0 Å². The predicted molar refractivity (Wildman–Crippen MR) is 94.0 cm³/mol. The van der Waals surface area contributed by atoms with Crippen molar-refractivity contribution in [1.29, 1.82) is 0 Å². The third kappa shape index (κ3) is 2.21. The largest absolute Gasteiger partial charge is 0.279 e. The van der Waals surface area contributed by atoms with Crippen LogP contribution in [-0.2, 0) is 6.67 Å². The first-order chi connectivity index (χ1) is 10.6. The molecule has 0 unspecified atom stereocenters. The minimum Gasteiger partial charge on any atom is -0.279 e. The Bertz CT molecular complexity index is 865. The van der Waals surface area contributed by atoms with Crippen LogP contribution >= 0.6 is 23.6 Å². The molecule has 116 valence electrons. The van der Waals surface area contributed by atoms with Crippen LogP contribution in [-0.4, -0.2) is 31.2 Å². The summed E-state index contributed by atoms with van der Waals surface area (Å²) in [6.45, 7) is 5.42. The van der Waals surface area contributed by atoms with Crippen LogP contribution in [0.25, 0.3) is 15.2 Å². The molecule has 22 heavy (non-hydrogen) atoms. The lowest BCUT2D eigenvalue weighted by molar-refractivity contribution is 0.0637. The molecule has 1 saturated heterocycles. The van der Waals surface area contributed by atoms with Crippen molar-refractivity contribution in [1.82, 2.24) is 19.1 Å². The third-order valence-corrected chi connectivity index (χ3v) is 6.20. The number of piperidine rings is 1. The van der Waals surface area contributed by atoms with Crippen LogP contribution < -0.4 is 0 Å². The highest BCUT2D eigenvalue weighted by Gasteiger charge is 2.25. The maximum absolute atomic E-state index is 5.70. The van der Waals surface area contributed by atoms with Gasteiger partial charge in [0.1, 0.15) is 0 Å². The van der Waals surface area contributed by atoms with Gasteiger partial charge in [-0.3, -0.25) is 9.30 Å². The number of benzene rings is 1. The van der Waals surface area contributed by atoms with Gasteiger partial charge in [-0.15, -0.1) is 5.10 Å². The van der Waals surface area contributed by atoms with Gasteiger partial charge in [0.05, 0.1) is 16.9 Å². The van der Waals surface area contributed by atoms with Crippen molar-refractivity contribution in [3.63, 3.8) is 0 Å². The lowest BCUT2D eigenvalue weighted by Gasteiger charge is -2.38. The number of rotatable bonds is 2. The van der Waals surface area contributed by atoms with Gasteiger partial charge in [0.15, 0.2) is 0 Å². The Kier molecular flexibility index (Phi) is 3.55. The van der Waals surface area contributed by atoms with E-state index in [1.165, 1.54) is 29.5 Å². The van der Waals surface area contributed by atoms with Gasteiger partial charge in [0.25, 0.3) is 0 Å². The second kappa shape index (κ2) is 5.44. The molecular formula is C16H20N4S2. The van der Waals surface area contributed by atoms with Gasteiger partial charge in [0, 0.05) is 12.1 Å². The number of likely N-dealkylation sites (tertiary alicyclic amines) is 1. The van der Waals surface area contributed by atoms with Gasteiger partial charge in [0.2, 0.25) is 9.73 Å². The number of para-hydroxylation sites is 1. The van der Waals surface area contributed by atoms with Gasteiger partial charge < -0.3 is 0 Å². The SMILES string of the molecule is C[C@@H]1CCC[C@H](C)N1Cn1nc2sc3ccccc3n2c1=S. The lowest BCUT2D eigenvalue weighted by Crippen LogP contribution is -2.44. The molecule has 0 saturated carbocycles. The van der Waals surface area contributed by atoms with Crippen molar-refractivity contribution in [2.75, 3.05) is 0 Å². The van der Waals surface area contributed by atoms with Gasteiger partial charge >= 0.3 is 0 Å². The van der Waals surface area contributed by atoms with Crippen LogP contribution in [0.2, 0.25) is 0 Å². The van der Waals surface area contributed by atoms with Gasteiger partial charge in [-0.2, -0.15) is 0 Å². The fourth-order valence-corrected chi connectivity index (χ4v) is 4.85. The van der Waals surface area contributed by atoms with Crippen molar-refractivity contribution in [2.45, 2.75) is 51.9 Å².